The van der Waals surface area contributed by atoms with E-state index < -0.39 is 4.92 Å². The van der Waals surface area contributed by atoms with Gasteiger partial charge in [-0.15, -0.1) is 0 Å². The second kappa shape index (κ2) is 5.64. The van der Waals surface area contributed by atoms with Crippen LogP contribution in [0.15, 0.2) is 18.2 Å². The Labute approximate surface area is 110 Å². The molecule has 1 fully saturated rings. The van der Waals surface area contributed by atoms with Crippen LogP contribution in [0.3, 0.4) is 0 Å². The summed E-state index contributed by atoms with van der Waals surface area (Å²) in [5, 5.41) is 10.7. The Bertz CT molecular complexity index is 484. The van der Waals surface area contributed by atoms with E-state index in [0.29, 0.717) is 31.7 Å². The number of aromatic nitrogens is 1. The summed E-state index contributed by atoms with van der Waals surface area (Å²) >= 11 is 0. The summed E-state index contributed by atoms with van der Waals surface area (Å²) < 4.78 is 4.72. The van der Waals surface area contributed by atoms with Crippen molar-refractivity contribution in [3.05, 3.63) is 28.3 Å². The molecule has 2 rings (SSSR count). The van der Waals surface area contributed by atoms with Crippen LogP contribution in [0.1, 0.15) is 12.8 Å². The number of ether oxygens (including phenoxy) is 1. The van der Waals surface area contributed by atoms with Crippen LogP contribution in [0.2, 0.25) is 0 Å². The lowest BCUT2D eigenvalue weighted by atomic mass is 9.97. The van der Waals surface area contributed by atoms with Crippen LogP contribution in [0.4, 0.5) is 11.6 Å². The van der Waals surface area contributed by atoms with E-state index in [-0.39, 0.29) is 17.7 Å². The first-order valence-electron chi connectivity index (χ1n) is 6.06. The summed E-state index contributed by atoms with van der Waals surface area (Å²) in [6.45, 7) is 1.29. The molecule has 1 aromatic heterocycles. The van der Waals surface area contributed by atoms with Gasteiger partial charge in [0.1, 0.15) is 0 Å². The highest BCUT2D eigenvalue weighted by Crippen LogP contribution is 2.23. The zero-order valence-corrected chi connectivity index (χ0v) is 10.6. The molecule has 0 N–H and O–H groups in total. The minimum Gasteiger partial charge on any atom is -0.469 e. The van der Waals surface area contributed by atoms with Gasteiger partial charge in [-0.1, -0.05) is 0 Å². The van der Waals surface area contributed by atoms with E-state index >= 15 is 0 Å². The first-order chi connectivity index (χ1) is 9.11. The van der Waals surface area contributed by atoms with Crippen LogP contribution < -0.4 is 4.90 Å². The molecule has 102 valence electrons. The molecule has 0 atom stereocenters. The first kappa shape index (κ1) is 13.3. The molecule has 0 radical (unpaired) electrons. The van der Waals surface area contributed by atoms with Gasteiger partial charge in [0.2, 0.25) is 5.82 Å². The Morgan fingerprint density at radius 2 is 2.16 bits per heavy atom. The summed E-state index contributed by atoms with van der Waals surface area (Å²) in [6.07, 6.45) is 1.36. The molecule has 0 aliphatic carbocycles. The summed E-state index contributed by atoms with van der Waals surface area (Å²) in [5.74, 6) is 0.150. The summed E-state index contributed by atoms with van der Waals surface area (Å²) in [4.78, 5) is 27.5. The molecule has 1 aromatic rings. The Morgan fingerprint density at radius 1 is 1.47 bits per heavy atom. The average molecular weight is 265 g/mol. The fourth-order valence-electron chi connectivity index (χ4n) is 2.20. The van der Waals surface area contributed by atoms with Crippen LogP contribution in [0, 0.1) is 16.0 Å². The number of piperidine rings is 1. The Morgan fingerprint density at radius 3 is 2.74 bits per heavy atom. The van der Waals surface area contributed by atoms with E-state index in [1.54, 1.807) is 12.1 Å². The van der Waals surface area contributed by atoms with Gasteiger partial charge in [-0.3, -0.25) is 4.79 Å². The molecule has 19 heavy (non-hydrogen) atoms. The maximum atomic E-state index is 11.4. The number of esters is 1. The van der Waals surface area contributed by atoms with Crippen molar-refractivity contribution in [2.45, 2.75) is 12.8 Å². The molecule has 7 nitrogen and oxygen atoms in total. The van der Waals surface area contributed by atoms with Crippen molar-refractivity contribution in [2.24, 2.45) is 5.92 Å². The van der Waals surface area contributed by atoms with Crippen LogP contribution in [-0.4, -0.2) is 36.1 Å². The smallest absolute Gasteiger partial charge is 0.365 e. The maximum absolute atomic E-state index is 11.4. The Balaban J connectivity index is 2.03. The molecule has 0 saturated carbocycles. The lowest BCUT2D eigenvalue weighted by molar-refractivity contribution is -0.389. The monoisotopic (exact) mass is 265 g/mol. The van der Waals surface area contributed by atoms with Crippen LogP contribution in [-0.2, 0) is 9.53 Å². The first-order valence-corrected chi connectivity index (χ1v) is 6.06. The average Bonchev–Trinajstić information content (AvgIpc) is 2.46. The highest BCUT2D eigenvalue weighted by molar-refractivity contribution is 5.72. The van der Waals surface area contributed by atoms with Crippen molar-refractivity contribution in [2.75, 3.05) is 25.1 Å². The van der Waals surface area contributed by atoms with Crippen molar-refractivity contribution >= 4 is 17.6 Å². The lowest BCUT2D eigenvalue weighted by Crippen LogP contribution is -2.37. The van der Waals surface area contributed by atoms with Gasteiger partial charge in [0, 0.05) is 25.2 Å². The second-order valence-corrected chi connectivity index (χ2v) is 4.40. The molecule has 7 heteroatoms. The van der Waals surface area contributed by atoms with Crippen molar-refractivity contribution in [1.82, 2.24) is 4.98 Å². The van der Waals surface area contributed by atoms with E-state index in [1.807, 2.05) is 4.90 Å². The molecular weight excluding hydrogens is 250 g/mol. The van der Waals surface area contributed by atoms with E-state index in [1.165, 1.54) is 13.2 Å². The van der Waals surface area contributed by atoms with Crippen LogP contribution in [0.25, 0.3) is 0 Å². The normalized spacial score (nSPS) is 16.2. The minimum atomic E-state index is -0.509. The number of nitrogens with zero attached hydrogens (tertiary/aromatic N) is 3. The number of nitro groups is 1. The molecule has 0 amide bonds. The fourth-order valence-corrected chi connectivity index (χ4v) is 2.20. The number of methoxy groups -OCH3 is 1. The minimum absolute atomic E-state index is 0.0834. The lowest BCUT2D eigenvalue weighted by Gasteiger charge is -2.29. The zero-order chi connectivity index (χ0) is 13.8. The Kier molecular flexibility index (Phi) is 3.94. The number of hydrogen-bond donors (Lipinski definition) is 0. The molecule has 2 heterocycles. The predicted octanol–water partition coefficient (Wildman–Crippen LogP) is 1.38. The number of carbonyl (C=O) groups excluding carboxylic acids is 1. The highest BCUT2D eigenvalue weighted by atomic mass is 16.6. The number of carbonyl (C=O) groups is 1. The van der Waals surface area contributed by atoms with Gasteiger partial charge in [0.05, 0.1) is 13.0 Å². The number of hydrogen-bond acceptors (Lipinski definition) is 6. The third-order valence-electron chi connectivity index (χ3n) is 3.26. The summed E-state index contributed by atoms with van der Waals surface area (Å²) in [7, 11) is 1.39. The third-order valence-corrected chi connectivity index (χ3v) is 3.26. The van der Waals surface area contributed by atoms with E-state index in [0.717, 1.165) is 0 Å². The topological polar surface area (TPSA) is 85.6 Å². The Hall–Kier alpha value is -2.18. The molecule has 0 spiro atoms. The molecule has 1 saturated heterocycles. The standard InChI is InChI=1S/C12H15N3O4/c1-19-12(16)9-5-7-14(8-6-9)10-3-2-4-11(13-10)15(17)18/h2-4,9H,5-8H2,1H3. The molecule has 1 aliphatic heterocycles. The number of pyridine rings is 1. The van der Waals surface area contributed by atoms with Crippen molar-refractivity contribution in [1.29, 1.82) is 0 Å². The number of anilines is 1. The summed E-state index contributed by atoms with van der Waals surface area (Å²) in [5.41, 5.74) is 0. The maximum Gasteiger partial charge on any atom is 0.365 e. The fraction of sp³-hybridized carbons (Fsp3) is 0.500. The molecule has 0 unspecified atom stereocenters. The van der Waals surface area contributed by atoms with Gasteiger partial charge in [0.15, 0.2) is 0 Å². The van der Waals surface area contributed by atoms with Gasteiger partial charge < -0.3 is 19.8 Å². The molecular formula is C12H15N3O4. The van der Waals surface area contributed by atoms with Crippen molar-refractivity contribution in [3.8, 4) is 0 Å². The van der Waals surface area contributed by atoms with Gasteiger partial charge in [-0.25, -0.2) is 0 Å². The quantitative estimate of drug-likeness (QED) is 0.466. The second-order valence-electron chi connectivity index (χ2n) is 4.40. The van der Waals surface area contributed by atoms with Gasteiger partial charge in [0.25, 0.3) is 0 Å². The SMILES string of the molecule is COC(=O)C1CCN(c2cccc([N+](=O)[O-])n2)CC1. The number of rotatable bonds is 3. The van der Waals surface area contributed by atoms with E-state index in [2.05, 4.69) is 4.98 Å². The van der Waals surface area contributed by atoms with Crippen LogP contribution in [0.5, 0.6) is 0 Å². The molecule has 0 bridgehead atoms. The zero-order valence-electron chi connectivity index (χ0n) is 10.6. The molecule has 1 aliphatic rings. The molecule has 0 aromatic carbocycles. The van der Waals surface area contributed by atoms with Gasteiger partial charge >= 0.3 is 11.8 Å². The van der Waals surface area contributed by atoms with E-state index in [4.69, 9.17) is 4.74 Å². The summed E-state index contributed by atoms with van der Waals surface area (Å²) in [6, 6.07) is 4.73. The van der Waals surface area contributed by atoms with E-state index in [9.17, 15) is 14.9 Å². The van der Waals surface area contributed by atoms with Crippen LogP contribution >= 0.6 is 0 Å². The third kappa shape index (κ3) is 2.98. The van der Waals surface area contributed by atoms with Gasteiger partial charge in [-0.05, 0) is 28.8 Å². The highest BCUT2D eigenvalue weighted by Gasteiger charge is 2.27. The largest absolute Gasteiger partial charge is 0.469 e. The predicted molar refractivity (Wildman–Crippen MR) is 67.8 cm³/mol. The van der Waals surface area contributed by atoms with Crippen molar-refractivity contribution in [3.63, 3.8) is 0 Å². The van der Waals surface area contributed by atoms with Gasteiger partial charge in [-0.2, -0.15) is 0 Å². The van der Waals surface area contributed by atoms with Crippen molar-refractivity contribution < 1.29 is 14.5 Å².